The molecule has 1 rings (SSSR count). The first-order valence-electron chi connectivity index (χ1n) is 6.72. The van der Waals surface area contributed by atoms with Crippen molar-refractivity contribution in [3.63, 3.8) is 0 Å². The van der Waals surface area contributed by atoms with E-state index in [1.54, 1.807) is 0 Å². The minimum atomic E-state index is 0.385. The quantitative estimate of drug-likeness (QED) is 0.777. The second-order valence-electron chi connectivity index (χ2n) is 5.15. The summed E-state index contributed by atoms with van der Waals surface area (Å²) in [5.74, 6) is 0. The van der Waals surface area contributed by atoms with Crippen LogP contribution in [0, 0.1) is 0 Å². The largest absolute Gasteiger partial charge is 0.377 e. The lowest BCUT2D eigenvalue weighted by Crippen LogP contribution is -2.45. The lowest BCUT2D eigenvalue weighted by molar-refractivity contribution is 0.0599. The molecule has 1 aliphatic heterocycles. The Morgan fingerprint density at radius 1 is 1.44 bits per heavy atom. The van der Waals surface area contributed by atoms with Gasteiger partial charge in [-0.15, -0.1) is 0 Å². The SMILES string of the molecule is CCC(CNC(C)C)N1CCCOC(C)C1. The minimum absolute atomic E-state index is 0.385. The summed E-state index contributed by atoms with van der Waals surface area (Å²) >= 11 is 0. The van der Waals surface area contributed by atoms with Gasteiger partial charge in [-0.3, -0.25) is 4.90 Å². The molecule has 0 aromatic carbocycles. The molecule has 1 N–H and O–H groups in total. The van der Waals surface area contributed by atoms with Crippen LogP contribution in [0.2, 0.25) is 0 Å². The van der Waals surface area contributed by atoms with Gasteiger partial charge in [-0.2, -0.15) is 0 Å². The minimum Gasteiger partial charge on any atom is -0.377 e. The molecule has 0 bridgehead atoms. The predicted molar refractivity (Wildman–Crippen MR) is 68.8 cm³/mol. The highest BCUT2D eigenvalue weighted by atomic mass is 16.5. The van der Waals surface area contributed by atoms with E-state index in [9.17, 15) is 0 Å². The molecule has 96 valence electrons. The van der Waals surface area contributed by atoms with Crippen molar-refractivity contribution in [2.75, 3.05) is 26.2 Å². The lowest BCUT2D eigenvalue weighted by Gasteiger charge is -2.31. The van der Waals surface area contributed by atoms with Crippen molar-refractivity contribution < 1.29 is 4.74 Å². The average molecular weight is 228 g/mol. The molecule has 3 nitrogen and oxygen atoms in total. The maximum Gasteiger partial charge on any atom is 0.0674 e. The molecule has 1 aliphatic rings. The molecular weight excluding hydrogens is 200 g/mol. The summed E-state index contributed by atoms with van der Waals surface area (Å²) in [6.45, 7) is 13.2. The van der Waals surface area contributed by atoms with E-state index in [0.717, 1.165) is 19.7 Å². The van der Waals surface area contributed by atoms with Crippen molar-refractivity contribution in [3.05, 3.63) is 0 Å². The van der Waals surface area contributed by atoms with Gasteiger partial charge in [-0.25, -0.2) is 0 Å². The maximum atomic E-state index is 5.69. The first-order chi connectivity index (χ1) is 7.63. The third-order valence-corrected chi connectivity index (χ3v) is 3.23. The van der Waals surface area contributed by atoms with Crippen LogP contribution in [-0.4, -0.2) is 49.3 Å². The monoisotopic (exact) mass is 228 g/mol. The van der Waals surface area contributed by atoms with E-state index in [1.165, 1.54) is 19.4 Å². The molecule has 0 radical (unpaired) electrons. The van der Waals surface area contributed by atoms with Crippen molar-refractivity contribution in [3.8, 4) is 0 Å². The van der Waals surface area contributed by atoms with Gasteiger partial charge in [0.2, 0.25) is 0 Å². The van der Waals surface area contributed by atoms with E-state index in [-0.39, 0.29) is 0 Å². The highest BCUT2D eigenvalue weighted by Crippen LogP contribution is 2.11. The van der Waals surface area contributed by atoms with Gasteiger partial charge in [0.25, 0.3) is 0 Å². The second kappa shape index (κ2) is 7.25. The zero-order chi connectivity index (χ0) is 12.0. The molecule has 3 heteroatoms. The normalized spacial score (nSPS) is 25.7. The van der Waals surface area contributed by atoms with Gasteiger partial charge < -0.3 is 10.1 Å². The van der Waals surface area contributed by atoms with Gasteiger partial charge in [0.15, 0.2) is 0 Å². The molecule has 0 spiro atoms. The van der Waals surface area contributed by atoms with Crippen LogP contribution in [0.3, 0.4) is 0 Å². The Labute approximate surface area is 101 Å². The Bertz CT molecular complexity index is 185. The zero-order valence-corrected chi connectivity index (χ0v) is 11.3. The number of nitrogens with zero attached hydrogens (tertiary/aromatic N) is 1. The first kappa shape index (κ1) is 13.9. The van der Waals surface area contributed by atoms with Crippen LogP contribution in [0.1, 0.15) is 40.5 Å². The molecule has 0 saturated carbocycles. The maximum absolute atomic E-state index is 5.69. The number of hydrogen-bond donors (Lipinski definition) is 1. The van der Waals surface area contributed by atoms with Crippen molar-refractivity contribution in [1.82, 2.24) is 10.2 Å². The topological polar surface area (TPSA) is 24.5 Å². The molecule has 1 saturated heterocycles. The van der Waals surface area contributed by atoms with E-state index in [2.05, 4.69) is 37.9 Å². The van der Waals surface area contributed by atoms with Crippen LogP contribution in [-0.2, 0) is 4.74 Å². The van der Waals surface area contributed by atoms with Crippen molar-refractivity contribution in [2.45, 2.75) is 58.7 Å². The van der Waals surface area contributed by atoms with E-state index < -0.39 is 0 Å². The molecule has 16 heavy (non-hydrogen) atoms. The Balaban J connectivity index is 2.42. The fourth-order valence-corrected chi connectivity index (χ4v) is 2.26. The van der Waals surface area contributed by atoms with E-state index >= 15 is 0 Å². The molecule has 0 amide bonds. The Morgan fingerprint density at radius 2 is 2.19 bits per heavy atom. The van der Waals surface area contributed by atoms with Crippen LogP contribution < -0.4 is 5.32 Å². The average Bonchev–Trinajstić information content (AvgIpc) is 2.44. The Kier molecular flexibility index (Phi) is 6.32. The fourth-order valence-electron chi connectivity index (χ4n) is 2.26. The van der Waals surface area contributed by atoms with Crippen LogP contribution >= 0.6 is 0 Å². The highest BCUT2D eigenvalue weighted by Gasteiger charge is 2.21. The molecule has 2 unspecified atom stereocenters. The van der Waals surface area contributed by atoms with Crippen LogP contribution in [0.5, 0.6) is 0 Å². The van der Waals surface area contributed by atoms with Crippen LogP contribution in [0.4, 0.5) is 0 Å². The van der Waals surface area contributed by atoms with E-state index in [1.807, 2.05) is 0 Å². The van der Waals surface area contributed by atoms with Crippen LogP contribution in [0.25, 0.3) is 0 Å². The Hall–Kier alpha value is -0.120. The molecule has 0 aliphatic carbocycles. The van der Waals surface area contributed by atoms with E-state index in [4.69, 9.17) is 4.74 Å². The summed E-state index contributed by atoms with van der Waals surface area (Å²) in [6, 6.07) is 1.24. The summed E-state index contributed by atoms with van der Waals surface area (Å²) < 4.78 is 5.69. The highest BCUT2D eigenvalue weighted by molar-refractivity contribution is 4.77. The van der Waals surface area contributed by atoms with Crippen molar-refractivity contribution in [1.29, 1.82) is 0 Å². The summed E-state index contributed by atoms with van der Waals surface area (Å²) in [7, 11) is 0. The molecule has 0 aromatic rings. The predicted octanol–water partition coefficient (Wildman–Crippen LogP) is 1.87. The van der Waals surface area contributed by atoms with Gasteiger partial charge >= 0.3 is 0 Å². The number of nitrogens with one attached hydrogen (secondary N) is 1. The van der Waals surface area contributed by atoms with Gasteiger partial charge in [0, 0.05) is 38.3 Å². The third kappa shape index (κ3) is 4.81. The second-order valence-corrected chi connectivity index (χ2v) is 5.15. The Morgan fingerprint density at radius 3 is 2.81 bits per heavy atom. The summed E-state index contributed by atoms with van der Waals surface area (Å²) in [5, 5.41) is 3.55. The van der Waals surface area contributed by atoms with Gasteiger partial charge in [0.05, 0.1) is 6.10 Å². The van der Waals surface area contributed by atoms with Gasteiger partial charge in [-0.05, 0) is 19.8 Å². The third-order valence-electron chi connectivity index (χ3n) is 3.23. The van der Waals surface area contributed by atoms with Crippen molar-refractivity contribution >= 4 is 0 Å². The first-order valence-corrected chi connectivity index (χ1v) is 6.72. The van der Waals surface area contributed by atoms with Crippen molar-refractivity contribution in [2.24, 2.45) is 0 Å². The summed E-state index contributed by atoms with van der Waals surface area (Å²) in [5.41, 5.74) is 0. The summed E-state index contributed by atoms with van der Waals surface area (Å²) in [6.07, 6.45) is 2.77. The molecule has 2 atom stereocenters. The fraction of sp³-hybridized carbons (Fsp3) is 1.00. The molecule has 0 aromatic heterocycles. The molecule has 1 fully saturated rings. The standard InChI is InChI=1S/C13H28N2O/c1-5-13(9-14-11(2)3)15-7-6-8-16-12(4)10-15/h11-14H,5-10H2,1-4H3. The van der Waals surface area contributed by atoms with E-state index in [0.29, 0.717) is 18.2 Å². The van der Waals surface area contributed by atoms with Gasteiger partial charge in [-0.1, -0.05) is 20.8 Å². The van der Waals surface area contributed by atoms with Crippen LogP contribution in [0.15, 0.2) is 0 Å². The molecular formula is C13H28N2O. The summed E-state index contributed by atoms with van der Waals surface area (Å²) in [4.78, 5) is 2.59. The number of rotatable bonds is 5. The molecule has 1 heterocycles. The smallest absolute Gasteiger partial charge is 0.0674 e. The van der Waals surface area contributed by atoms with Gasteiger partial charge in [0.1, 0.15) is 0 Å². The zero-order valence-electron chi connectivity index (χ0n) is 11.3. The number of hydrogen-bond acceptors (Lipinski definition) is 3. The lowest BCUT2D eigenvalue weighted by atomic mass is 10.1. The number of ether oxygens (including phenoxy) is 1.